The van der Waals surface area contributed by atoms with Crippen LogP contribution in [0.5, 0.6) is 5.75 Å². The zero-order valence-electron chi connectivity index (χ0n) is 9.77. The number of ether oxygens (including phenoxy) is 1. The summed E-state index contributed by atoms with van der Waals surface area (Å²) < 4.78 is 5.42. The number of benzene rings is 1. The maximum absolute atomic E-state index is 8.95. The number of para-hydroxylation sites is 1. The van der Waals surface area contributed by atoms with Gasteiger partial charge in [0.1, 0.15) is 5.75 Å². The van der Waals surface area contributed by atoms with Crippen LogP contribution in [0.15, 0.2) is 23.1 Å². The number of nitrogen functional groups attached to an aromatic ring is 1. The summed E-state index contributed by atoms with van der Waals surface area (Å²) in [7, 11) is 0. The molecule has 0 heterocycles. The van der Waals surface area contributed by atoms with Crippen LogP contribution >= 0.6 is 11.8 Å². The van der Waals surface area contributed by atoms with Crippen LogP contribution in [0.4, 0.5) is 5.69 Å². The number of anilines is 1. The lowest BCUT2D eigenvalue weighted by atomic mass is 10.2. The first kappa shape index (κ1) is 13.2. The Balaban J connectivity index is 2.69. The second kappa shape index (κ2) is 6.66. The summed E-state index contributed by atoms with van der Waals surface area (Å²) in [4.78, 5) is 1.02. The van der Waals surface area contributed by atoms with Crippen molar-refractivity contribution in [1.29, 1.82) is 0 Å². The molecule has 0 amide bonds. The van der Waals surface area contributed by atoms with E-state index in [0.717, 1.165) is 16.4 Å². The van der Waals surface area contributed by atoms with Gasteiger partial charge in [-0.3, -0.25) is 0 Å². The molecule has 16 heavy (non-hydrogen) atoms. The molecule has 4 heteroatoms. The van der Waals surface area contributed by atoms with Gasteiger partial charge in [-0.15, -0.1) is 11.8 Å². The average Bonchev–Trinajstić information content (AvgIpc) is 2.30. The molecule has 1 atom stereocenters. The quantitative estimate of drug-likeness (QED) is 0.593. The van der Waals surface area contributed by atoms with Crippen LogP contribution in [0, 0.1) is 5.92 Å². The molecule has 1 aromatic carbocycles. The van der Waals surface area contributed by atoms with E-state index in [4.69, 9.17) is 15.6 Å². The molecule has 1 unspecified atom stereocenters. The summed E-state index contributed by atoms with van der Waals surface area (Å²) >= 11 is 1.65. The first-order valence-corrected chi connectivity index (χ1v) is 6.42. The van der Waals surface area contributed by atoms with E-state index in [1.165, 1.54) is 0 Å². The van der Waals surface area contributed by atoms with Crippen LogP contribution in [-0.2, 0) is 0 Å². The third-order valence-corrected chi connectivity index (χ3v) is 3.56. The van der Waals surface area contributed by atoms with Gasteiger partial charge in [0, 0.05) is 17.3 Å². The van der Waals surface area contributed by atoms with E-state index in [1.54, 1.807) is 11.8 Å². The second-order valence-electron chi connectivity index (χ2n) is 3.70. The maximum Gasteiger partial charge on any atom is 0.143 e. The number of aliphatic hydroxyl groups excluding tert-OH is 1. The largest absolute Gasteiger partial charge is 0.492 e. The zero-order valence-corrected chi connectivity index (χ0v) is 10.6. The molecule has 0 aromatic heterocycles. The Kier molecular flexibility index (Phi) is 5.49. The van der Waals surface area contributed by atoms with Crippen molar-refractivity contribution in [3.63, 3.8) is 0 Å². The van der Waals surface area contributed by atoms with Crippen molar-refractivity contribution < 1.29 is 9.84 Å². The van der Waals surface area contributed by atoms with Gasteiger partial charge in [0.2, 0.25) is 0 Å². The summed E-state index contributed by atoms with van der Waals surface area (Å²) in [6, 6.07) is 5.79. The van der Waals surface area contributed by atoms with Gasteiger partial charge < -0.3 is 15.6 Å². The topological polar surface area (TPSA) is 55.5 Å². The Bertz CT molecular complexity index is 331. The van der Waals surface area contributed by atoms with E-state index < -0.39 is 0 Å². The van der Waals surface area contributed by atoms with Crippen LogP contribution < -0.4 is 10.5 Å². The van der Waals surface area contributed by atoms with Crippen molar-refractivity contribution in [2.24, 2.45) is 5.92 Å². The molecule has 0 spiro atoms. The van der Waals surface area contributed by atoms with E-state index in [-0.39, 0.29) is 12.5 Å². The summed E-state index contributed by atoms with van der Waals surface area (Å²) in [6.45, 7) is 4.77. The third kappa shape index (κ3) is 3.61. The second-order valence-corrected chi connectivity index (χ2v) is 4.76. The van der Waals surface area contributed by atoms with E-state index in [1.807, 2.05) is 32.0 Å². The number of nitrogens with two attached hydrogens (primary N) is 1. The molecule has 0 saturated heterocycles. The molecule has 90 valence electrons. The summed E-state index contributed by atoms with van der Waals surface area (Å²) in [5.74, 6) is 1.88. The highest BCUT2D eigenvalue weighted by atomic mass is 32.2. The summed E-state index contributed by atoms with van der Waals surface area (Å²) in [5.41, 5.74) is 6.68. The van der Waals surface area contributed by atoms with Crippen LogP contribution in [0.2, 0.25) is 0 Å². The SMILES string of the molecule is CCOc1cccc(SCC(C)CO)c1N. The number of thioether (sulfide) groups is 1. The van der Waals surface area contributed by atoms with Crippen LogP contribution in [0.3, 0.4) is 0 Å². The van der Waals surface area contributed by atoms with E-state index >= 15 is 0 Å². The van der Waals surface area contributed by atoms with Crippen molar-refractivity contribution in [1.82, 2.24) is 0 Å². The molecule has 0 aliphatic carbocycles. The summed E-state index contributed by atoms with van der Waals surface area (Å²) in [5, 5.41) is 8.95. The molecule has 1 rings (SSSR count). The summed E-state index contributed by atoms with van der Waals surface area (Å²) in [6.07, 6.45) is 0. The lowest BCUT2D eigenvalue weighted by molar-refractivity contribution is 0.250. The van der Waals surface area contributed by atoms with Crippen LogP contribution in [0.1, 0.15) is 13.8 Å². The van der Waals surface area contributed by atoms with Crippen molar-refractivity contribution in [3.8, 4) is 5.75 Å². The lowest BCUT2D eigenvalue weighted by Gasteiger charge is -2.12. The molecular weight excluding hydrogens is 222 g/mol. The first-order chi connectivity index (χ1) is 7.69. The lowest BCUT2D eigenvalue weighted by Crippen LogP contribution is -2.04. The van der Waals surface area contributed by atoms with Gasteiger partial charge in [0.05, 0.1) is 12.3 Å². The number of aliphatic hydroxyl groups is 1. The molecular formula is C12H19NO2S. The Morgan fingerprint density at radius 2 is 2.25 bits per heavy atom. The van der Waals surface area contributed by atoms with Gasteiger partial charge in [-0.05, 0) is 25.0 Å². The molecule has 1 aromatic rings. The normalized spacial score (nSPS) is 12.4. The number of hydrogen-bond acceptors (Lipinski definition) is 4. The molecule has 3 N–H and O–H groups in total. The van der Waals surface area contributed by atoms with Crippen LogP contribution in [0.25, 0.3) is 0 Å². The van der Waals surface area contributed by atoms with Gasteiger partial charge in [0.25, 0.3) is 0 Å². The highest BCUT2D eigenvalue weighted by Crippen LogP contribution is 2.33. The molecule has 0 saturated carbocycles. The Labute approximate surface area is 101 Å². The molecule has 0 radical (unpaired) electrons. The first-order valence-electron chi connectivity index (χ1n) is 5.44. The Hall–Kier alpha value is -0.870. The van der Waals surface area contributed by atoms with Gasteiger partial charge in [-0.25, -0.2) is 0 Å². The van der Waals surface area contributed by atoms with Crippen LogP contribution in [-0.4, -0.2) is 24.1 Å². The van der Waals surface area contributed by atoms with Gasteiger partial charge in [-0.2, -0.15) is 0 Å². The Morgan fingerprint density at radius 1 is 1.50 bits per heavy atom. The minimum Gasteiger partial charge on any atom is -0.492 e. The predicted octanol–water partition coefficient (Wildman–Crippen LogP) is 2.39. The highest BCUT2D eigenvalue weighted by molar-refractivity contribution is 7.99. The molecule has 0 aliphatic rings. The minimum atomic E-state index is 0.206. The fourth-order valence-corrected chi connectivity index (χ4v) is 2.22. The van der Waals surface area contributed by atoms with Gasteiger partial charge >= 0.3 is 0 Å². The fourth-order valence-electron chi connectivity index (χ4n) is 1.22. The van der Waals surface area contributed by atoms with Crippen molar-refractivity contribution in [2.45, 2.75) is 18.7 Å². The average molecular weight is 241 g/mol. The fraction of sp³-hybridized carbons (Fsp3) is 0.500. The smallest absolute Gasteiger partial charge is 0.143 e. The molecule has 0 bridgehead atoms. The third-order valence-electron chi connectivity index (χ3n) is 2.16. The standard InChI is InChI=1S/C12H19NO2S/c1-3-15-10-5-4-6-11(12(10)13)16-8-9(2)7-14/h4-6,9,14H,3,7-8,13H2,1-2H3. The van der Waals surface area contributed by atoms with Gasteiger partial charge in [0.15, 0.2) is 0 Å². The molecule has 3 nitrogen and oxygen atoms in total. The van der Waals surface area contributed by atoms with E-state index in [0.29, 0.717) is 12.3 Å². The number of rotatable bonds is 6. The highest BCUT2D eigenvalue weighted by Gasteiger charge is 2.08. The van der Waals surface area contributed by atoms with Gasteiger partial charge in [-0.1, -0.05) is 13.0 Å². The maximum atomic E-state index is 8.95. The zero-order chi connectivity index (χ0) is 12.0. The van der Waals surface area contributed by atoms with Crippen molar-refractivity contribution in [3.05, 3.63) is 18.2 Å². The molecule has 0 aliphatic heterocycles. The Morgan fingerprint density at radius 3 is 2.88 bits per heavy atom. The van der Waals surface area contributed by atoms with E-state index in [9.17, 15) is 0 Å². The molecule has 0 fully saturated rings. The van der Waals surface area contributed by atoms with E-state index in [2.05, 4.69) is 0 Å². The monoisotopic (exact) mass is 241 g/mol. The van der Waals surface area contributed by atoms with Crippen molar-refractivity contribution >= 4 is 17.4 Å². The minimum absolute atomic E-state index is 0.206. The predicted molar refractivity (Wildman–Crippen MR) is 69.0 cm³/mol. The number of hydrogen-bond donors (Lipinski definition) is 2. The van der Waals surface area contributed by atoms with Crippen molar-refractivity contribution in [2.75, 3.05) is 24.7 Å².